The Balaban J connectivity index is 1.77. The smallest absolute Gasteiger partial charge is 0.251 e. The van der Waals surface area contributed by atoms with Gasteiger partial charge in [0.1, 0.15) is 0 Å². The second-order valence-corrected chi connectivity index (χ2v) is 8.59. The number of rotatable bonds is 7. The molecule has 7 nitrogen and oxygen atoms in total. The number of benzene rings is 1. The molecule has 1 saturated heterocycles. The first-order valence-corrected chi connectivity index (χ1v) is 10.7. The van der Waals surface area contributed by atoms with E-state index in [9.17, 15) is 18.0 Å². The van der Waals surface area contributed by atoms with E-state index in [1.807, 2.05) is 6.92 Å². The number of nitrogens with one attached hydrogen (secondary N) is 2. The normalized spacial score (nSPS) is 15.7. The lowest BCUT2D eigenvalue weighted by molar-refractivity contribution is -0.131. The summed E-state index contributed by atoms with van der Waals surface area (Å²) in [6.07, 6.45) is 1.70. The predicted octanol–water partition coefficient (Wildman–Crippen LogP) is 1.39. The zero-order chi connectivity index (χ0) is 19.2. The molecule has 0 unspecified atom stereocenters. The Morgan fingerprint density at radius 3 is 2.58 bits per heavy atom. The maximum atomic E-state index is 12.2. The lowest BCUT2D eigenvalue weighted by Gasteiger charge is -2.32. The summed E-state index contributed by atoms with van der Waals surface area (Å²) in [6.45, 7) is 2.64. The first-order valence-electron chi connectivity index (χ1n) is 8.62. The number of nitrogens with zero attached hydrogens (tertiary/aromatic N) is 1. The quantitative estimate of drug-likeness (QED) is 0.721. The largest absolute Gasteiger partial charge is 0.343 e. The van der Waals surface area contributed by atoms with Crippen LogP contribution in [0, 0.1) is 0 Å². The minimum absolute atomic E-state index is 0.0996. The lowest BCUT2D eigenvalue weighted by Crippen LogP contribution is -2.49. The molecule has 26 heavy (non-hydrogen) atoms. The van der Waals surface area contributed by atoms with Crippen molar-refractivity contribution in [1.82, 2.24) is 14.9 Å². The van der Waals surface area contributed by atoms with Crippen LogP contribution in [0.5, 0.6) is 0 Å². The van der Waals surface area contributed by atoms with Gasteiger partial charge in [-0.15, -0.1) is 0 Å². The van der Waals surface area contributed by atoms with E-state index in [-0.39, 0.29) is 30.2 Å². The van der Waals surface area contributed by atoms with Gasteiger partial charge in [0.2, 0.25) is 15.9 Å². The predicted molar refractivity (Wildman–Crippen MR) is 101 cm³/mol. The van der Waals surface area contributed by atoms with Gasteiger partial charge in [0, 0.05) is 29.7 Å². The molecule has 9 heteroatoms. The fourth-order valence-corrected chi connectivity index (χ4v) is 4.42. The van der Waals surface area contributed by atoms with Gasteiger partial charge in [-0.3, -0.25) is 9.59 Å². The highest BCUT2D eigenvalue weighted by molar-refractivity contribution is 7.89. The minimum atomic E-state index is -3.25. The van der Waals surface area contributed by atoms with Gasteiger partial charge in [0.15, 0.2) is 0 Å². The zero-order valence-corrected chi connectivity index (χ0v) is 16.3. The van der Waals surface area contributed by atoms with Gasteiger partial charge in [0.05, 0.1) is 12.3 Å². The Kier molecular flexibility index (Phi) is 7.43. The molecule has 0 aromatic heterocycles. The zero-order valence-electron chi connectivity index (χ0n) is 14.7. The van der Waals surface area contributed by atoms with Crippen LogP contribution in [0.2, 0.25) is 5.02 Å². The first-order chi connectivity index (χ1) is 12.3. The fraction of sp³-hybridized carbons (Fsp3) is 0.529. The summed E-state index contributed by atoms with van der Waals surface area (Å²) in [4.78, 5) is 25.9. The molecule has 1 aliphatic rings. The molecule has 0 aliphatic carbocycles. The Labute approximate surface area is 159 Å². The van der Waals surface area contributed by atoms with Crippen molar-refractivity contribution in [2.24, 2.45) is 0 Å². The van der Waals surface area contributed by atoms with E-state index in [1.54, 1.807) is 23.1 Å². The van der Waals surface area contributed by atoms with Crippen molar-refractivity contribution in [1.29, 1.82) is 0 Å². The highest BCUT2D eigenvalue weighted by atomic mass is 35.5. The van der Waals surface area contributed by atoms with Gasteiger partial charge in [-0.2, -0.15) is 0 Å². The molecule has 0 saturated carbocycles. The minimum Gasteiger partial charge on any atom is -0.343 e. The highest BCUT2D eigenvalue weighted by Gasteiger charge is 2.25. The molecule has 2 rings (SSSR count). The molecule has 0 spiro atoms. The van der Waals surface area contributed by atoms with Crippen molar-refractivity contribution in [3.63, 3.8) is 0 Å². The molecule has 144 valence electrons. The second-order valence-electron chi connectivity index (χ2n) is 6.28. The maximum Gasteiger partial charge on any atom is 0.251 e. The van der Waals surface area contributed by atoms with Gasteiger partial charge in [0.25, 0.3) is 5.91 Å². The third-order valence-corrected chi connectivity index (χ3v) is 6.03. The van der Waals surface area contributed by atoms with Crippen molar-refractivity contribution in [3.8, 4) is 0 Å². The standard InChI is InChI=1S/C17H24ClN3O4S/c1-2-10-26(24,25)20-15-6-8-21(9-7-15)16(22)12-19-17(23)13-4-3-5-14(18)11-13/h3-5,11,15,20H,2,6-10,12H2,1H3,(H,19,23). The molecule has 1 fully saturated rings. The Morgan fingerprint density at radius 2 is 1.96 bits per heavy atom. The van der Waals surface area contributed by atoms with E-state index in [4.69, 9.17) is 11.6 Å². The molecule has 2 N–H and O–H groups in total. The van der Waals surface area contributed by atoms with E-state index < -0.39 is 10.0 Å². The van der Waals surface area contributed by atoms with Crippen LogP contribution in [-0.4, -0.2) is 56.6 Å². The molecule has 1 aromatic rings. The van der Waals surface area contributed by atoms with Crippen LogP contribution in [0.3, 0.4) is 0 Å². The van der Waals surface area contributed by atoms with Gasteiger partial charge in [-0.05, 0) is 37.5 Å². The number of carbonyl (C=O) groups is 2. The third kappa shape index (κ3) is 6.26. The summed E-state index contributed by atoms with van der Waals surface area (Å²) in [5, 5.41) is 3.04. The summed E-state index contributed by atoms with van der Waals surface area (Å²) in [5.74, 6) is -0.430. The van der Waals surface area contributed by atoms with Crippen LogP contribution >= 0.6 is 11.6 Å². The van der Waals surface area contributed by atoms with Gasteiger partial charge >= 0.3 is 0 Å². The number of likely N-dealkylation sites (tertiary alicyclic amines) is 1. The van der Waals surface area contributed by atoms with Crippen molar-refractivity contribution < 1.29 is 18.0 Å². The molecule has 1 aliphatic heterocycles. The second kappa shape index (κ2) is 9.34. The average molecular weight is 402 g/mol. The van der Waals surface area contributed by atoms with E-state index in [0.717, 1.165) is 0 Å². The molecular weight excluding hydrogens is 378 g/mol. The number of hydrogen-bond acceptors (Lipinski definition) is 4. The number of amides is 2. The SMILES string of the molecule is CCCS(=O)(=O)NC1CCN(C(=O)CNC(=O)c2cccc(Cl)c2)CC1. The lowest BCUT2D eigenvalue weighted by atomic mass is 10.1. The van der Waals surface area contributed by atoms with Crippen molar-refractivity contribution in [3.05, 3.63) is 34.9 Å². The molecule has 2 amide bonds. The van der Waals surface area contributed by atoms with Crippen LogP contribution in [0.1, 0.15) is 36.5 Å². The molecule has 0 atom stereocenters. The summed E-state index contributed by atoms with van der Waals surface area (Å²) in [7, 11) is -3.25. The van der Waals surface area contributed by atoms with Crippen molar-refractivity contribution in [2.45, 2.75) is 32.2 Å². The maximum absolute atomic E-state index is 12.2. The fourth-order valence-electron chi connectivity index (χ4n) is 2.83. The number of hydrogen-bond donors (Lipinski definition) is 2. The summed E-state index contributed by atoms with van der Waals surface area (Å²) in [6, 6.07) is 6.36. The number of sulfonamides is 1. The summed E-state index contributed by atoms with van der Waals surface area (Å²) >= 11 is 5.85. The number of carbonyl (C=O) groups excluding carboxylic acids is 2. The van der Waals surface area contributed by atoms with Crippen LogP contribution < -0.4 is 10.0 Å². The van der Waals surface area contributed by atoms with Gasteiger partial charge in [-0.1, -0.05) is 24.6 Å². The van der Waals surface area contributed by atoms with Crippen molar-refractivity contribution in [2.75, 3.05) is 25.4 Å². The molecular formula is C17H24ClN3O4S. The van der Waals surface area contributed by atoms with Crippen molar-refractivity contribution >= 4 is 33.4 Å². The Morgan fingerprint density at radius 1 is 1.27 bits per heavy atom. The Hall–Kier alpha value is -1.64. The van der Waals surface area contributed by atoms with E-state index in [2.05, 4.69) is 10.0 Å². The van der Waals surface area contributed by atoms with E-state index in [1.165, 1.54) is 6.07 Å². The van der Waals surface area contributed by atoms with Gasteiger partial charge in [-0.25, -0.2) is 13.1 Å². The Bertz CT molecular complexity index is 746. The highest BCUT2D eigenvalue weighted by Crippen LogP contribution is 2.12. The molecule has 1 heterocycles. The summed E-state index contributed by atoms with van der Waals surface area (Å²) < 4.78 is 26.3. The van der Waals surface area contributed by atoms with E-state index in [0.29, 0.717) is 42.9 Å². The monoisotopic (exact) mass is 401 g/mol. The summed E-state index contributed by atoms with van der Waals surface area (Å²) in [5.41, 5.74) is 0.398. The topological polar surface area (TPSA) is 95.6 Å². The van der Waals surface area contributed by atoms with Crippen LogP contribution in [0.25, 0.3) is 0 Å². The van der Waals surface area contributed by atoms with E-state index >= 15 is 0 Å². The first kappa shape index (κ1) is 20.7. The van der Waals surface area contributed by atoms with Crippen LogP contribution in [0.4, 0.5) is 0 Å². The third-order valence-electron chi connectivity index (χ3n) is 4.15. The number of halogens is 1. The number of piperidine rings is 1. The van der Waals surface area contributed by atoms with Gasteiger partial charge < -0.3 is 10.2 Å². The molecule has 1 aromatic carbocycles. The average Bonchev–Trinajstić information content (AvgIpc) is 2.59. The van der Waals surface area contributed by atoms with Crippen LogP contribution in [-0.2, 0) is 14.8 Å². The molecule has 0 bridgehead atoms. The molecule has 0 radical (unpaired) electrons. The van der Waals surface area contributed by atoms with Crippen LogP contribution in [0.15, 0.2) is 24.3 Å².